The first kappa shape index (κ1) is 16.4. The van der Waals surface area contributed by atoms with E-state index in [1.807, 2.05) is 0 Å². The summed E-state index contributed by atoms with van der Waals surface area (Å²) in [6, 6.07) is 0. The molecule has 0 heterocycles. The summed E-state index contributed by atoms with van der Waals surface area (Å²) in [5.74, 6) is 0. The number of hydrogen-bond acceptors (Lipinski definition) is 2. The van der Waals surface area contributed by atoms with Gasteiger partial charge in [-0.3, -0.25) is 0 Å². The summed E-state index contributed by atoms with van der Waals surface area (Å²) in [5, 5.41) is 0. The van der Waals surface area contributed by atoms with Gasteiger partial charge in [0.2, 0.25) is 0 Å². The quantitative estimate of drug-likeness (QED) is 0.390. The molecule has 0 bridgehead atoms. The Balaban J connectivity index is -0.0000000200. The SMILES string of the molecule is [Cl-].[Cl-].[NH2][Pd+2][NH2]. The average molecular weight is 209 g/mol. The van der Waals surface area contributed by atoms with Gasteiger partial charge in [0, 0.05) is 0 Å². The van der Waals surface area contributed by atoms with E-state index in [1.54, 1.807) is 0 Å². The minimum atomic E-state index is -0.0500. The normalized spacial score (nSPS) is 4.40. The van der Waals surface area contributed by atoms with Gasteiger partial charge in [-0.05, 0) is 0 Å². The van der Waals surface area contributed by atoms with Gasteiger partial charge >= 0.3 is 27.2 Å². The Morgan fingerprint density at radius 2 is 1.00 bits per heavy atom. The van der Waals surface area contributed by atoms with Gasteiger partial charge in [0.1, 0.15) is 0 Å². The Bertz CT molecular complexity index is 7.61. The molecule has 0 aromatic heterocycles. The van der Waals surface area contributed by atoms with Crippen LogP contribution in [0.4, 0.5) is 0 Å². The molecule has 5 heteroatoms. The molecular formula is H4Cl2N2Pd. The molecule has 0 rings (SSSR count). The van der Waals surface area contributed by atoms with Crippen molar-refractivity contribution < 1.29 is 43.3 Å². The molecule has 0 aliphatic heterocycles. The minimum absolute atomic E-state index is 0. The van der Waals surface area contributed by atoms with Crippen molar-refractivity contribution in [3.05, 3.63) is 0 Å². The van der Waals surface area contributed by atoms with Crippen LogP contribution in [0, 0.1) is 0 Å². The zero-order valence-corrected chi connectivity index (χ0v) is 5.29. The third-order valence-corrected chi connectivity index (χ3v) is 0. The standard InChI is InChI=1S/2ClH.2H2N.Pd/h2*1H;2*1H2;/q;;2*-1;+4/p-2. The second-order valence-corrected chi connectivity index (χ2v) is 0.624. The molecule has 0 fully saturated rings. The fourth-order valence-corrected chi connectivity index (χ4v) is 0. The van der Waals surface area contributed by atoms with Gasteiger partial charge in [-0.25, -0.2) is 0 Å². The summed E-state index contributed by atoms with van der Waals surface area (Å²) in [6.45, 7) is 0. The zero-order valence-electron chi connectivity index (χ0n) is 2.23. The van der Waals surface area contributed by atoms with Crippen molar-refractivity contribution in [1.29, 1.82) is 0 Å². The maximum absolute atomic E-state index is 4.68. The van der Waals surface area contributed by atoms with Crippen molar-refractivity contribution in [2.24, 2.45) is 8.73 Å². The van der Waals surface area contributed by atoms with E-state index in [4.69, 9.17) is 0 Å². The van der Waals surface area contributed by atoms with Gasteiger partial charge < -0.3 is 24.8 Å². The third kappa shape index (κ3) is 38.2. The number of nitrogens with two attached hydrogens (primary N) is 2. The van der Waals surface area contributed by atoms with Crippen LogP contribution in [0.2, 0.25) is 0 Å². The molecule has 0 aromatic carbocycles. The van der Waals surface area contributed by atoms with Gasteiger partial charge in [0.05, 0.1) is 0 Å². The number of rotatable bonds is 0. The Labute approximate surface area is 52.2 Å². The molecular weight excluding hydrogens is 205 g/mol. The second kappa shape index (κ2) is 19.1. The van der Waals surface area contributed by atoms with Gasteiger partial charge in [-0.15, -0.1) is 0 Å². The third-order valence-electron chi connectivity index (χ3n) is 0. The molecule has 0 amide bonds. The molecule has 0 radical (unpaired) electrons. The summed E-state index contributed by atoms with van der Waals surface area (Å²) in [4.78, 5) is 0. The van der Waals surface area contributed by atoms with E-state index in [9.17, 15) is 0 Å². The molecule has 38 valence electrons. The van der Waals surface area contributed by atoms with Crippen LogP contribution in [0.15, 0.2) is 0 Å². The molecule has 0 aromatic rings. The molecule has 0 saturated heterocycles. The van der Waals surface area contributed by atoms with E-state index in [2.05, 4.69) is 8.73 Å². The van der Waals surface area contributed by atoms with Crippen LogP contribution >= 0.6 is 0 Å². The first-order chi connectivity index (χ1) is 1.41. The van der Waals surface area contributed by atoms with Crippen LogP contribution in [-0.4, -0.2) is 0 Å². The Morgan fingerprint density at radius 1 is 1.00 bits per heavy atom. The number of hydrogen-bond donors (Lipinski definition) is 2. The summed E-state index contributed by atoms with van der Waals surface area (Å²) in [5.41, 5.74) is 0. The van der Waals surface area contributed by atoms with Crippen LogP contribution in [0.25, 0.3) is 0 Å². The summed E-state index contributed by atoms with van der Waals surface area (Å²) >= 11 is -0.0500. The van der Waals surface area contributed by atoms with E-state index in [0.717, 1.165) is 0 Å². The van der Waals surface area contributed by atoms with Gasteiger partial charge in [-0.1, -0.05) is 0 Å². The molecule has 0 unspecified atom stereocenters. The van der Waals surface area contributed by atoms with Crippen molar-refractivity contribution in [2.45, 2.75) is 0 Å². The Morgan fingerprint density at radius 3 is 1.00 bits per heavy atom. The van der Waals surface area contributed by atoms with Crippen molar-refractivity contribution in [2.75, 3.05) is 0 Å². The predicted molar refractivity (Wildman–Crippen MR) is 8.37 cm³/mol. The summed E-state index contributed by atoms with van der Waals surface area (Å²) in [7, 11) is 0. The molecule has 0 saturated carbocycles. The second-order valence-electron chi connectivity index (χ2n) is 0.105. The average Bonchev–Trinajstić information content (AvgIpc) is 0.918. The Kier molecular flexibility index (Phi) is 62.8. The van der Waals surface area contributed by atoms with Crippen LogP contribution in [0.3, 0.4) is 0 Å². The first-order valence-electron chi connectivity index (χ1n) is 0.365. The van der Waals surface area contributed by atoms with Gasteiger partial charge in [0.15, 0.2) is 0 Å². The van der Waals surface area contributed by atoms with Crippen LogP contribution in [-0.2, 0) is 18.5 Å². The van der Waals surface area contributed by atoms with Crippen molar-refractivity contribution in [3.63, 3.8) is 0 Å². The fourth-order valence-electron chi connectivity index (χ4n) is 0. The van der Waals surface area contributed by atoms with Gasteiger partial charge in [0.25, 0.3) is 0 Å². The van der Waals surface area contributed by atoms with E-state index in [-0.39, 0.29) is 43.3 Å². The van der Waals surface area contributed by atoms with E-state index >= 15 is 0 Å². The van der Waals surface area contributed by atoms with Gasteiger partial charge in [-0.2, -0.15) is 0 Å². The molecule has 0 spiro atoms. The van der Waals surface area contributed by atoms with Crippen molar-refractivity contribution in [3.8, 4) is 0 Å². The summed E-state index contributed by atoms with van der Waals surface area (Å²) in [6.07, 6.45) is 0. The molecule has 0 aliphatic rings. The first-order valence-corrected chi connectivity index (χ1v) is 2.16. The van der Waals surface area contributed by atoms with E-state index < -0.39 is 0 Å². The number of halogens is 2. The fraction of sp³-hybridized carbons (Fsp3) is 0. The maximum atomic E-state index is 4.68. The van der Waals surface area contributed by atoms with Crippen molar-refractivity contribution in [1.82, 2.24) is 0 Å². The van der Waals surface area contributed by atoms with Crippen LogP contribution in [0.1, 0.15) is 0 Å². The van der Waals surface area contributed by atoms with E-state index in [0.29, 0.717) is 0 Å². The zero-order chi connectivity index (χ0) is 2.71. The Hall–Kier alpha value is 1.16. The monoisotopic (exact) mass is 208 g/mol. The van der Waals surface area contributed by atoms with Crippen molar-refractivity contribution >= 4 is 0 Å². The topological polar surface area (TPSA) is 52.0 Å². The molecule has 5 heavy (non-hydrogen) atoms. The predicted octanol–water partition coefficient (Wildman–Crippen LogP) is -7.18. The molecule has 0 aliphatic carbocycles. The molecule has 4 N–H and O–H groups in total. The van der Waals surface area contributed by atoms with Crippen LogP contribution < -0.4 is 33.5 Å². The molecule has 2 nitrogen and oxygen atoms in total. The van der Waals surface area contributed by atoms with E-state index in [1.165, 1.54) is 0 Å². The summed E-state index contributed by atoms with van der Waals surface area (Å²) < 4.78 is 9.35. The molecule has 0 atom stereocenters. The van der Waals surface area contributed by atoms with Crippen LogP contribution in [0.5, 0.6) is 0 Å².